The standard InChI is InChI=1S/C23H26ClN5OS/c1-15-18(24)13-28(2)23-19(15)20-21(31-23)22(27-14-26-20)25-11-16-3-5-17(6-4-16)12-29-7-9-30-10-8-29/h3-6,13-14,23H,7-12H2,1-2H3,(H,25,26,27). The molecule has 1 saturated heterocycles. The summed E-state index contributed by atoms with van der Waals surface area (Å²) < 4.78 is 5.43. The van der Waals surface area contributed by atoms with Crippen LogP contribution in [0.1, 0.15) is 23.7 Å². The number of likely N-dealkylation sites (N-methyl/N-ethyl adjacent to an activating group) is 1. The first-order chi connectivity index (χ1) is 15.1. The summed E-state index contributed by atoms with van der Waals surface area (Å²) in [7, 11) is 2.05. The molecule has 0 radical (unpaired) electrons. The monoisotopic (exact) mass is 455 g/mol. The summed E-state index contributed by atoms with van der Waals surface area (Å²) in [5, 5.41) is 4.48. The van der Waals surface area contributed by atoms with Gasteiger partial charge in [0.15, 0.2) is 0 Å². The summed E-state index contributed by atoms with van der Waals surface area (Å²) in [4.78, 5) is 14.8. The smallest absolute Gasteiger partial charge is 0.144 e. The lowest BCUT2D eigenvalue weighted by molar-refractivity contribution is 0.0342. The van der Waals surface area contributed by atoms with Crippen molar-refractivity contribution in [3.63, 3.8) is 0 Å². The number of ether oxygens (including phenoxy) is 1. The van der Waals surface area contributed by atoms with Crippen LogP contribution in [0, 0.1) is 0 Å². The van der Waals surface area contributed by atoms with Gasteiger partial charge >= 0.3 is 0 Å². The molecule has 31 heavy (non-hydrogen) atoms. The minimum Gasteiger partial charge on any atom is -0.379 e. The van der Waals surface area contributed by atoms with Crippen LogP contribution in [0.4, 0.5) is 5.82 Å². The third kappa shape index (κ3) is 4.20. The van der Waals surface area contributed by atoms with Crippen molar-refractivity contribution in [2.45, 2.75) is 30.3 Å². The van der Waals surface area contributed by atoms with Crippen molar-refractivity contribution in [3.05, 3.63) is 64.2 Å². The van der Waals surface area contributed by atoms with Crippen molar-refractivity contribution >= 4 is 34.8 Å². The molecule has 162 valence electrons. The second-order valence-corrected chi connectivity index (χ2v) is 9.61. The lowest BCUT2D eigenvalue weighted by Gasteiger charge is -2.28. The first-order valence-electron chi connectivity index (χ1n) is 10.5. The first kappa shape index (κ1) is 20.8. The summed E-state index contributed by atoms with van der Waals surface area (Å²) in [5.41, 5.74) is 5.84. The van der Waals surface area contributed by atoms with Crippen LogP contribution < -0.4 is 5.32 Å². The van der Waals surface area contributed by atoms with Crippen LogP contribution in [-0.4, -0.2) is 58.5 Å². The van der Waals surface area contributed by atoms with Crippen molar-refractivity contribution in [1.82, 2.24) is 19.8 Å². The Hall–Kier alpha value is -2.06. The highest BCUT2D eigenvalue weighted by molar-refractivity contribution is 8.01. The molecule has 1 aromatic carbocycles. The number of nitrogens with one attached hydrogen (secondary N) is 1. The summed E-state index contributed by atoms with van der Waals surface area (Å²) in [6, 6.07) is 8.83. The van der Waals surface area contributed by atoms with E-state index in [1.807, 2.05) is 6.20 Å². The molecule has 3 aliphatic heterocycles. The Balaban J connectivity index is 1.28. The van der Waals surface area contributed by atoms with Gasteiger partial charge in [0.2, 0.25) is 0 Å². The van der Waals surface area contributed by atoms with Gasteiger partial charge in [-0.25, -0.2) is 9.97 Å². The molecule has 0 aliphatic carbocycles. The molecule has 1 fully saturated rings. The summed E-state index contributed by atoms with van der Waals surface area (Å²) in [6.07, 6.45) is 3.63. The minimum atomic E-state index is 0.189. The van der Waals surface area contributed by atoms with Gasteiger partial charge in [0.1, 0.15) is 17.5 Å². The molecule has 4 heterocycles. The van der Waals surface area contributed by atoms with E-state index in [9.17, 15) is 0 Å². The summed E-state index contributed by atoms with van der Waals surface area (Å²) in [6.45, 7) is 7.44. The van der Waals surface area contributed by atoms with E-state index in [4.69, 9.17) is 16.3 Å². The van der Waals surface area contributed by atoms with E-state index in [1.165, 1.54) is 16.7 Å². The van der Waals surface area contributed by atoms with Crippen molar-refractivity contribution in [1.29, 1.82) is 0 Å². The quantitative estimate of drug-likeness (QED) is 0.726. The fourth-order valence-corrected chi connectivity index (χ4v) is 5.80. The highest BCUT2D eigenvalue weighted by Gasteiger charge is 2.37. The van der Waals surface area contributed by atoms with Gasteiger partial charge < -0.3 is 15.0 Å². The molecule has 1 unspecified atom stereocenters. The number of benzene rings is 1. The molecule has 0 saturated carbocycles. The Labute approximate surface area is 192 Å². The normalized spacial score (nSPS) is 21.1. The van der Waals surface area contributed by atoms with Gasteiger partial charge in [0, 0.05) is 45.0 Å². The number of hydrogen-bond donors (Lipinski definition) is 1. The molecule has 1 N–H and O–H groups in total. The van der Waals surface area contributed by atoms with E-state index < -0.39 is 0 Å². The Morgan fingerprint density at radius 1 is 1.16 bits per heavy atom. The predicted octanol–water partition coefficient (Wildman–Crippen LogP) is 4.15. The van der Waals surface area contributed by atoms with E-state index >= 15 is 0 Å². The van der Waals surface area contributed by atoms with E-state index in [0.717, 1.165) is 66.4 Å². The lowest BCUT2D eigenvalue weighted by atomic mass is 10.0. The minimum absolute atomic E-state index is 0.189. The molecule has 0 bridgehead atoms. The largest absolute Gasteiger partial charge is 0.379 e. The van der Waals surface area contributed by atoms with Crippen molar-refractivity contribution in [2.24, 2.45) is 0 Å². The van der Waals surface area contributed by atoms with Crippen molar-refractivity contribution in [2.75, 3.05) is 38.7 Å². The predicted molar refractivity (Wildman–Crippen MR) is 126 cm³/mol. The Morgan fingerprint density at radius 3 is 2.68 bits per heavy atom. The maximum absolute atomic E-state index is 6.43. The van der Waals surface area contributed by atoms with Gasteiger partial charge in [-0.3, -0.25) is 4.90 Å². The Morgan fingerprint density at radius 2 is 1.90 bits per heavy atom. The average molecular weight is 456 g/mol. The number of morpholine rings is 1. The highest BCUT2D eigenvalue weighted by Crippen LogP contribution is 2.51. The molecule has 2 aromatic rings. The number of halogens is 1. The second-order valence-electron chi connectivity index (χ2n) is 8.11. The Kier molecular flexibility index (Phi) is 5.93. The number of aromatic nitrogens is 2. The third-order valence-corrected chi connectivity index (χ3v) is 7.77. The van der Waals surface area contributed by atoms with Crippen LogP contribution in [0.2, 0.25) is 0 Å². The Bertz CT molecular complexity index is 1030. The third-order valence-electron chi connectivity index (χ3n) is 5.98. The number of thioether (sulfide) groups is 1. The molecular weight excluding hydrogens is 430 g/mol. The van der Waals surface area contributed by atoms with Crippen LogP contribution in [0.15, 0.2) is 52.3 Å². The zero-order valence-corrected chi connectivity index (χ0v) is 19.3. The molecule has 1 atom stereocenters. The molecule has 0 spiro atoms. The molecule has 0 amide bonds. The fraction of sp³-hybridized carbons (Fsp3) is 0.391. The van der Waals surface area contributed by atoms with E-state index in [1.54, 1.807) is 18.1 Å². The second kappa shape index (κ2) is 8.82. The van der Waals surface area contributed by atoms with Gasteiger partial charge in [-0.1, -0.05) is 47.6 Å². The average Bonchev–Trinajstić information content (AvgIpc) is 3.19. The first-order valence-corrected chi connectivity index (χ1v) is 11.8. The van der Waals surface area contributed by atoms with Crippen LogP contribution in [0.3, 0.4) is 0 Å². The number of hydrogen-bond acceptors (Lipinski definition) is 7. The molecule has 1 aromatic heterocycles. The van der Waals surface area contributed by atoms with Gasteiger partial charge in [-0.05, 0) is 23.6 Å². The fourth-order valence-electron chi connectivity index (χ4n) is 4.18. The van der Waals surface area contributed by atoms with Gasteiger partial charge in [0.05, 0.1) is 28.8 Å². The number of nitrogens with zero attached hydrogens (tertiary/aromatic N) is 4. The van der Waals surface area contributed by atoms with Crippen LogP contribution >= 0.6 is 23.4 Å². The number of anilines is 1. The van der Waals surface area contributed by atoms with Crippen molar-refractivity contribution < 1.29 is 4.74 Å². The van der Waals surface area contributed by atoms with Gasteiger partial charge in [-0.2, -0.15) is 0 Å². The van der Waals surface area contributed by atoms with Crippen LogP contribution in [-0.2, 0) is 17.8 Å². The molecule has 5 rings (SSSR count). The molecule has 8 heteroatoms. The summed E-state index contributed by atoms with van der Waals surface area (Å²) >= 11 is 8.21. The van der Waals surface area contributed by atoms with Crippen LogP contribution in [0.25, 0.3) is 5.57 Å². The SMILES string of the molecule is CC1=C2c3ncnc(NCc4ccc(CN5CCOCC5)cc4)c3SC2N(C)C=C1Cl. The maximum atomic E-state index is 6.43. The van der Waals surface area contributed by atoms with E-state index in [0.29, 0.717) is 0 Å². The van der Waals surface area contributed by atoms with E-state index in [-0.39, 0.29) is 5.37 Å². The number of rotatable bonds is 5. The zero-order chi connectivity index (χ0) is 21.4. The zero-order valence-electron chi connectivity index (χ0n) is 17.8. The van der Waals surface area contributed by atoms with Crippen molar-refractivity contribution in [3.8, 4) is 0 Å². The highest BCUT2D eigenvalue weighted by atomic mass is 35.5. The summed E-state index contributed by atoms with van der Waals surface area (Å²) in [5.74, 6) is 0.881. The van der Waals surface area contributed by atoms with E-state index in [2.05, 4.69) is 63.3 Å². The topological polar surface area (TPSA) is 53.5 Å². The molecular formula is C23H26ClN5OS. The van der Waals surface area contributed by atoms with Crippen LogP contribution in [0.5, 0.6) is 0 Å². The molecule has 6 nitrogen and oxygen atoms in total. The van der Waals surface area contributed by atoms with Gasteiger partial charge in [-0.15, -0.1) is 0 Å². The molecule has 3 aliphatic rings. The lowest BCUT2D eigenvalue weighted by Crippen LogP contribution is -2.35. The van der Waals surface area contributed by atoms with Gasteiger partial charge in [0.25, 0.3) is 0 Å². The maximum Gasteiger partial charge on any atom is 0.144 e. The number of allylic oxidation sites excluding steroid dienone is 2. The number of fused-ring (bicyclic) bond motifs is 3.